The summed E-state index contributed by atoms with van der Waals surface area (Å²) in [4.78, 5) is 30.3. The number of carbonyl (C=O) groups is 2. The maximum absolute atomic E-state index is 13.8. The van der Waals surface area contributed by atoms with Crippen LogP contribution in [-0.4, -0.2) is 74.2 Å². The maximum atomic E-state index is 13.8. The molecule has 0 bridgehead atoms. The molecule has 0 spiro atoms. The molecule has 3 atom stereocenters. The van der Waals surface area contributed by atoms with Crippen LogP contribution in [0.5, 0.6) is 5.75 Å². The van der Waals surface area contributed by atoms with Crippen molar-refractivity contribution in [1.82, 2.24) is 9.80 Å². The first-order chi connectivity index (χ1) is 21.1. The van der Waals surface area contributed by atoms with Gasteiger partial charge in [-0.05, 0) is 42.6 Å². The number of para-hydroxylation sites is 1. The first-order valence-corrected chi connectivity index (χ1v) is 15.9. The second-order valence-electron chi connectivity index (χ2n) is 11.1. The number of aliphatic hydroxyl groups is 1. The molecule has 0 saturated heterocycles. The van der Waals surface area contributed by atoms with E-state index >= 15 is 0 Å². The lowest BCUT2D eigenvalue weighted by atomic mass is 9.99. The number of anilines is 2. The first-order valence-electron chi connectivity index (χ1n) is 14.4. The fourth-order valence-corrected chi connectivity index (χ4v) is 6.33. The Morgan fingerprint density at radius 1 is 1.00 bits per heavy atom. The van der Waals surface area contributed by atoms with E-state index in [2.05, 4.69) is 10.0 Å². The van der Waals surface area contributed by atoms with E-state index in [1.54, 1.807) is 49.2 Å². The highest BCUT2D eigenvalue weighted by molar-refractivity contribution is 7.92. The number of rotatable bonds is 8. The quantitative estimate of drug-likeness (QED) is 0.255. The average Bonchev–Trinajstić information content (AvgIpc) is 3.03. The van der Waals surface area contributed by atoms with Crippen LogP contribution in [0.4, 0.5) is 16.2 Å². The number of benzene rings is 4. The second-order valence-corrected chi connectivity index (χ2v) is 12.7. The molecule has 44 heavy (non-hydrogen) atoms. The summed E-state index contributed by atoms with van der Waals surface area (Å²) in [5.41, 5.74) is 0.916. The van der Waals surface area contributed by atoms with Gasteiger partial charge in [0.2, 0.25) is 0 Å². The van der Waals surface area contributed by atoms with Crippen LogP contribution >= 0.6 is 0 Å². The smallest absolute Gasteiger partial charge is 0.321 e. The Labute approximate surface area is 257 Å². The van der Waals surface area contributed by atoms with Gasteiger partial charge in [0, 0.05) is 24.9 Å². The fraction of sp³-hybridized carbons (Fsp3) is 0.273. The summed E-state index contributed by atoms with van der Waals surface area (Å²) >= 11 is 0. The van der Waals surface area contributed by atoms with E-state index in [0.717, 1.165) is 10.8 Å². The third kappa shape index (κ3) is 6.48. The molecule has 3 amide bonds. The van der Waals surface area contributed by atoms with Crippen LogP contribution in [0.2, 0.25) is 0 Å². The molecule has 4 aromatic carbocycles. The number of nitrogens with zero attached hydrogens (tertiary/aromatic N) is 2. The number of urea groups is 1. The lowest BCUT2D eigenvalue weighted by molar-refractivity contribution is 0.0373. The van der Waals surface area contributed by atoms with Crippen molar-refractivity contribution in [2.24, 2.45) is 5.92 Å². The van der Waals surface area contributed by atoms with Gasteiger partial charge in [0.25, 0.3) is 15.9 Å². The molecule has 10 nitrogen and oxygen atoms in total. The summed E-state index contributed by atoms with van der Waals surface area (Å²) in [6, 6.07) is 25.2. The molecule has 0 fully saturated rings. The predicted octanol–water partition coefficient (Wildman–Crippen LogP) is 5.02. The Kier molecular flexibility index (Phi) is 9.07. The minimum Gasteiger partial charge on any atom is -0.485 e. The highest BCUT2D eigenvalue weighted by Gasteiger charge is 2.35. The molecule has 0 radical (unpaired) electrons. The SMILES string of the molecule is C[C@@H]1CN([C@H](C)CO)C(=O)c2cccc(NS(=O)(=O)c3ccccc3)c2O[C@H]1CN(C)C(=O)Nc1cccc2ccccc12. The number of hydrogen-bond acceptors (Lipinski definition) is 6. The zero-order chi connectivity index (χ0) is 31.4. The van der Waals surface area contributed by atoms with Crippen LogP contribution in [0, 0.1) is 5.92 Å². The Balaban J connectivity index is 1.47. The van der Waals surface area contributed by atoms with Crippen LogP contribution in [0.3, 0.4) is 0 Å². The summed E-state index contributed by atoms with van der Waals surface area (Å²) in [5.74, 6) is -0.631. The van der Waals surface area contributed by atoms with Crippen LogP contribution < -0.4 is 14.8 Å². The van der Waals surface area contributed by atoms with Gasteiger partial charge in [-0.3, -0.25) is 9.52 Å². The molecule has 0 aliphatic carbocycles. The van der Waals surface area contributed by atoms with Crippen LogP contribution in [-0.2, 0) is 10.0 Å². The molecule has 4 aromatic rings. The van der Waals surface area contributed by atoms with Crippen LogP contribution in [0.25, 0.3) is 10.8 Å². The molecule has 3 N–H and O–H groups in total. The van der Waals surface area contributed by atoms with Gasteiger partial charge in [-0.2, -0.15) is 0 Å². The fourth-order valence-electron chi connectivity index (χ4n) is 5.24. The predicted molar refractivity (Wildman–Crippen MR) is 170 cm³/mol. The topological polar surface area (TPSA) is 128 Å². The van der Waals surface area contributed by atoms with E-state index in [-0.39, 0.29) is 53.5 Å². The number of sulfonamides is 1. The van der Waals surface area contributed by atoms with Crippen LogP contribution in [0.1, 0.15) is 24.2 Å². The van der Waals surface area contributed by atoms with E-state index in [0.29, 0.717) is 5.69 Å². The highest BCUT2D eigenvalue weighted by atomic mass is 32.2. The van der Waals surface area contributed by atoms with Crippen molar-refractivity contribution in [1.29, 1.82) is 0 Å². The molecule has 5 rings (SSSR count). The monoisotopic (exact) mass is 616 g/mol. The van der Waals surface area contributed by atoms with Crippen molar-refractivity contribution in [3.05, 3.63) is 96.6 Å². The summed E-state index contributed by atoms with van der Waals surface area (Å²) in [6.07, 6.45) is -0.638. The van der Waals surface area contributed by atoms with Crippen molar-refractivity contribution in [2.75, 3.05) is 36.8 Å². The molecule has 1 heterocycles. The van der Waals surface area contributed by atoms with E-state index in [1.807, 2.05) is 49.4 Å². The van der Waals surface area contributed by atoms with Gasteiger partial charge in [-0.25, -0.2) is 13.2 Å². The number of nitrogens with one attached hydrogen (secondary N) is 2. The molecule has 11 heteroatoms. The van der Waals surface area contributed by atoms with Gasteiger partial charge in [0.1, 0.15) is 6.10 Å². The third-order valence-electron chi connectivity index (χ3n) is 7.82. The summed E-state index contributed by atoms with van der Waals surface area (Å²) in [6.45, 7) is 3.77. The zero-order valence-corrected chi connectivity index (χ0v) is 25.6. The molecule has 0 unspecified atom stereocenters. The van der Waals surface area contributed by atoms with E-state index < -0.39 is 28.1 Å². The first kappa shape index (κ1) is 30.8. The second kappa shape index (κ2) is 12.9. The van der Waals surface area contributed by atoms with Gasteiger partial charge in [0.05, 0.1) is 41.0 Å². The molecule has 1 aliphatic rings. The molecular weight excluding hydrogens is 580 g/mol. The largest absolute Gasteiger partial charge is 0.485 e. The van der Waals surface area contributed by atoms with E-state index in [1.165, 1.54) is 23.1 Å². The number of likely N-dealkylation sites (N-methyl/N-ethyl adjacent to an activating group) is 1. The minimum absolute atomic E-state index is 0.0556. The molecule has 0 aromatic heterocycles. The molecular formula is C33H36N4O6S. The third-order valence-corrected chi connectivity index (χ3v) is 9.20. The standard InChI is InChI=1S/C33H36N4O6S/c1-22-19-37(23(2)21-38)32(39)27-16-10-18-29(35-44(41,42)25-13-5-4-6-14-25)31(27)43-30(22)20-36(3)33(40)34-28-17-9-12-24-11-7-8-15-26(24)28/h4-18,22-23,30,35,38H,19-21H2,1-3H3,(H,34,40)/t22-,23-,30+/m1/s1. The lowest BCUT2D eigenvalue weighted by Gasteiger charge is -2.38. The van der Waals surface area contributed by atoms with Crippen molar-refractivity contribution in [2.45, 2.75) is 30.9 Å². The highest BCUT2D eigenvalue weighted by Crippen LogP contribution is 2.36. The summed E-state index contributed by atoms with van der Waals surface area (Å²) < 4.78 is 35.6. The van der Waals surface area contributed by atoms with Crippen molar-refractivity contribution in [3.8, 4) is 5.75 Å². The number of hydrogen-bond donors (Lipinski definition) is 3. The van der Waals surface area contributed by atoms with Crippen molar-refractivity contribution >= 4 is 44.1 Å². The van der Waals surface area contributed by atoms with Crippen LogP contribution in [0.15, 0.2) is 95.9 Å². The molecule has 230 valence electrons. The number of amides is 3. The molecule has 0 saturated carbocycles. The molecule has 1 aliphatic heterocycles. The van der Waals surface area contributed by atoms with Gasteiger partial charge in [0.15, 0.2) is 5.75 Å². The summed E-state index contributed by atoms with van der Waals surface area (Å²) in [7, 11) is -2.36. The Bertz CT molecular complexity index is 1760. The van der Waals surface area contributed by atoms with E-state index in [4.69, 9.17) is 4.74 Å². The van der Waals surface area contributed by atoms with Gasteiger partial charge in [-0.1, -0.05) is 67.6 Å². The Hall–Kier alpha value is -4.61. The lowest BCUT2D eigenvalue weighted by Crippen LogP contribution is -2.50. The van der Waals surface area contributed by atoms with Crippen molar-refractivity contribution in [3.63, 3.8) is 0 Å². The Morgan fingerprint density at radius 3 is 2.41 bits per heavy atom. The number of aliphatic hydroxyl groups excluding tert-OH is 1. The number of ether oxygens (including phenoxy) is 1. The van der Waals surface area contributed by atoms with Gasteiger partial charge >= 0.3 is 6.03 Å². The number of carbonyl (C=O) groups excluding carboxylic acids is 2. The minimum atomic E-state index is -4.01. The zero-order valence-electron chi connectivity index (χ0n) is 24.8. The maximum Gasteiger partial charge on any atom is 0.321 e. The van der Waals surface area contributed by atoms with E-state index in [9.17, 15) is 23.1 Å². The summed E-state index contributed by atoms with van der Waals surface area (Å²) in [5, 5.41) is 14.8. The normalized spacial score (nSPS) is 17.5. The number of fused-ring (bicyclic) bond motifs is 2. The van der Waals surface area contributed by atoms with Gasteiger partial charge in [-0.15, -0.1) is 0 Å². The Morgan fingerprint density at radius 2 is 1.66 bits per heavy atom. The van der Waals surface area contributed by atoms with Gasteiger partial charge < -0.3 is 25.0 Å². The average molecular weight is 617 g/mol. The van der Waals surface area contributed by atoms with Crippen molar-refractivity contribution < 1.29 is 27.9 Å².